The molecule has 1 heterocycles. The Hall–Kier alpha value is -3.77. The molecule has 0 fully saturated rings. The molecule has 178 valence electrons. The van der Waals surface area contributed by atoms with Gasteiger partial charge in [-0.15, -0.1) is 0 Å². The van der Waals surface area contributed by atoms with Gasteiger partial charge in [0.15, 0.2) is 10.9 Å². The Bertz CT molecular complexity index is 1330. The fourth-order valence-corrected chi connectivity index (χ4v) is 4.70. The first-order valence-electron chi connectivity index (χ1n) is 11.6. The molecule has 0 aliphatic rings. The zero-order valence-corrected chi connectivity index (χ0v) is 20.9. The summed E-state index contributed by atoms with van der Waals surface area (Å²) in [6, 6.07) is 23.3. The predicted molar refractivity (Wildman–Crippen MR) is 142 cm³/mol. The number of ketones is 1. The Labute approximate surface area is 209 Å². The number of hydrogen-bond acceptors (Lipinski definition) is 5. The van der Waals surface area contributed by atoms with E-state index in [4.69, 9.17) is 9.72 Å². The Morgan fingerprint density at radius 3 is 2.31 bits per heavy atom. The molecule has 0 radical (unpaired) electrons. The van der Waals surface area contributed by atoms with Crippen LogP contribution in [0.2, 0.25) is 0 Å². The fraction of sp³-hybridized carbons (Fsp3) is 0.207. The van der Waals surface area contributed by atoms with Crippen LogP contribution in [0.5, 0.6) is 5.75 Å². The van der Waals surface area contributed by atoms with Gasteiger partial charge in [-0.25, -0.2) is 4.98 Å². The number of carbonyl (C=O) groups is 2. The molecule has 0 saturated heterocycles. The highest BCUT2D eigenvalue weighted by atomic mass is 32.1. The number of nitrogens with one attached hydrogen (secondary N) is 1. The molecule has 1 amide bonds. The van der Waals surface area contributed by atoms with Gasteiger partial charge in [0.1, 0.15) is 5.75 Å². The van der Waals surface area contributed by atoms with E-state index in [9.17, 15) is 9.59 Å². The van der Waals surface area contributed by atoms with Crippen LogP contribution in [0, 0.1) is 13.8 Å². The molecule has 0 aliphatic carbocycles. The molecule has 4 aromatic rings. The van der Waals surface area contributed by atoms with Crippen molar-refractivity contribution < 1.29 is 14.3 Å². The van der Waals surface area contributed by atoms with Gasteiger partial charge in [0.05, 0.1) is 17.2 Å². The largest absolute Gasteiger partial charge is 0.494 e. The molecule has 1 aromatic heterocycles. The average Bonchev–Trinajstić information content (AvgIpc) is 3.29. The second-order valence-corrected chi connectivity index (χ2v) is 9.29. The first-order chi connectivity index (χ1) is 16.9. The molecule has 5 nitrogen and oxygen atoms in total. The number of thiazole rings is 1. The van der Waals surface area contributed by atoms with Crippen molar-refractivity contribution in [3.05, 3.63) is 89.5 Å². The van der Waals surface area contributed by atoms with Crippen molar-refractivity contribution >= 4 is 28.2 Å². The highest BCUT2D eigenvalue weighted by Gasteiger charge is 2.17. The quantitative estimate of drug-likeness (QED) is 0.257. The van der Waals surface area contributed by atoms with E-state index in [1.54, 1.807) is 24.3 Å². The summed E-state index contributed by atoms with van der Waals surface area (Å²) in [5, 5.41) is 3.42. The summed E-state index contributed by atoms with van der Waals surface area (Å²) in [6.07, 6.45) is 0.214. The minimum absolute atomic E-state index is 0.0804. The highest BCUT2D eigenvalue weighted by molar-refractivity contribution is 7.19. The Morgan fingerprint density at radius 2 is 1.63 bits per heavy atom. The Kier molecular flexibility index (Phi) is 7.73. The van der Waals surface area contributed by atoms with E-state index < -0.39 is 0 Å². The average molecular weight is 485 g/mol. The molecule has 0 aliphatic heterocycles. The van der Waals surface area contributed by atoms with E-state index in [2.05, 4.69) is 37.4 Å². The van der Waals surface area contributed by atoms with Crippen molar-refractivity contribution in [1.29, 1.82) is 0 Å². The maximum atomic E-state index is 12.7. The lowest BCUT2D eigenvalue weighted by Gasteiger charge is -2.05. The van der Waals surface area contributed by atoms with Gasteiger partial charge >= 0.3 is 0 Å². The minimum atomic E-state index is -0.232. The van der Waals surface area contributed by atoms with Crippen LogP contribution in [0.4, 0.5) is 5.13 Å². The van der Waals surface area contributed by atoms with E-state index in [0.29, 0.717) is 17.3 Å². The smallest absolute Gasteiger partial charge is 0.226 e. The lowest BCUT2D eigenvalue weighted by Crippen LogP contribution is -2.13. The lowest BCUT2D eigenvalue weighted by molar-refractivity contribution is -0.116. The van der Waals surface area contributed by atoms with E-state index in [1.807, 2.05) is 37.3 Å². The summed E-state index contributed by atoms with van der Waals surface area (Å²) in [5.74, 6) is 0.409. The molecule has 0 saturated carbocycles. The van der Waals surface area contributed by atoms with Gasteiger partial charge in [-0.3, -0.25) is 9.59 Å². The summed E-state index contributed by atoms with van der Waals surface area (Å²) >= 11 is 1.45. The zero-order valence-electron chi connectivity index (χ0n) is 20.1. The van der Waals surface area contributed by atoms with Gasteiger partial charge in [0, 0.05) is 24.0 Å². The molecule has 0 unspecified atom stereocenters. The second kappa shape index (κ2) is 11.1. The summed E-state index contributed by atoms with van der Waals surface area (Å²) in [5.41, 5.74) is 5.89. The number of ether oxygens (including phenoxy) is 1. The number of benzene rings is 3. The topological polar surface area (TPSA) is 68.3 Å². The van der Waals surface area contributed by atoms with Crippen molar-refractivity contribution in [2.75, 3.05) is 11.9 Å². The lowest BCUT2D eigenvalue weighted by atomic mass is 10.0. The van der Waals surface area contributed by atoms with Gasteiger partial charge in [0.2, 0.25) is 5.91 Å². The number of carbonyl (C=O) groups excluding carboxylic acids is 2. The van der Waals surface area contributed by atoms with Crippen LogP contribution in [-0.2, 0) is 4.79 Å². The van der Waals surface area contributed by atoms with Crippen molar-refractivity contribution in [2.24, 2.45) is 0 Å². The van der Waals surface area contributed by atoms with Gasteiger partial charge in [-0.2, -0.15) is 0 Å². The maximum absolute atomic E-state index is 12.7. The van der Waals surface area contributed by atoms with E-state index in [0.717, 1.165) is 27.4 Å². The van der Waals surface area contributed by atoms with Crippen LogP contribution in [-0.4, -0.2) is 23.3 Å². The van der Waals surface area contributed by atoms with Crippen molar-refractivity contribution in [1.82, 2.24) is 4.98 Å². The molecule has 0 atom stereocenters. The summed E-state index contributed by atoms with van der Waals surface area (Å²) in [6.45, 7) is 6.66. The Balaban J connectivity index is 1.48. The number of aryl methyl sites for hydroxylation is 2. The second-order valence-electron chi connectivity index (χ2n) is 8.29. The first-order valence-corrected chi connectivity index (χ1v) is 12.5. The third-order valence-corrected chi connectivity index (χ3v) is 6.78. The fourth-order valence-electron chi connectivity index (χ4n) is 3.70. The van der Waals surface area contributed by atoms with Crippen LogP contribution >= 0.6 is 11.3 Å². The number of nitrogens with zero attached hydrogens (tertiary/aromatic N) is 1. The predicted octanol–water partition coefficient (Wildman–Crippen LogP) is 7.09. The van der Waals surface area contributed by atoms with Crippen molar-refractivity contribution in [2.45, 2.75) is 33.6 Å². The standard InChI is InChI=1S/C29H28N2O3S/c1-4-34-24-14-12-21(13-15-24)25(32)16-17-26(33)30-29-31-27(22-8-6-5-7-9-22)28(35-29)23-11-10-19(2)20(3)18-23/h5-15,18H,4,16-17H2,1-3H3,(H,30,31,33). The molecule has 3 aromatic carbocycles. The number of rotatable bonds is 9. The number of aromatic nitrogens is 1. The maximum Gasteiger partial charge on any atom is 0.226 e. The minimum Gasteiger partial charge on any atom is -0.494 e. The summed E-state index contributed by atoms with van der Waals surface area (Å²) in [7, 11) is 0. The zero-order chi connectivity index (χ0) is 24.8. The van der Waals surface area contributed by atoms with Gasteiger partial charge in [0.25, 0.3) is 0 Å². The number of anilines is 1. The molecule has 6 heteroatoms. The number of Topliss-reactive ketones (excluding diaryl/α,β-unsaturated/α-hetero) is 1. The SMILES string of the molecule is CCOc1ccc(C(=O)CCC(=O)Nc2nc(-c3ccccc3)c(-c3ccc(C)c(C)c3)s2)cc1. The van der Waals surface area contributed by atoms with Gasteiger partial charge < -0.3 is 10.1 Å². The molecule has 4 rings (SSSR count). The van der Waals surface area contributed by atoms with E-state index in [-0.39, 0.29) is 24.5 Å². The van der Waals surface area contributed by atoms with Crippen LogP contribution in [0.3, 0.4) is 0 Å². The van der Waals surface area contributed by atoms with Crippen LogP contribution < -0.4 is 10.1 Å². The molecule has 0 bridgehead atoms. The van der Waals surface area contributed by atoms with Crippen LogP contribution in [0.15, 0.2) is 72.8 Å². The normalized spacial score (nSPS) is 10.7. The van der Waals surface area contributed by atoms with Gasteiger partial charge in [-0.1, -0.05) is 59.9 Å². The molecule has 35 heavy (non-hydrogen) atoms. The van der Waals surface area contributed by atoms with Crippen molar-refractivity contribution in [3.63, 3.8) is 0 Å². The molecule has 1 N–H and O–H groups in total. The van der Waals surface area contributed by atoms with Crippen molar-refractivity contribution in [3.8, 4) is 27.4 Å². The first kappa shape index (κ1) is 24.4. The molecular weight excluding hydrogens is 456 g/mol. The van der Waals surface area contributed by atoms with E-state index >= 15 is 0 Å². The molecular formula is C29H28N2O3S. The number of hydrogen-bond donors (Lipinski definition) is 1. The Morgan fingerprint density at radius 1 is 0.886 bits per heavy atom. The summed E-state index contributed by atoms with van der Waals surface area (Å²) in [4.78, 5) is 30.9. The third kappa shape index (κ3) is 6.03. The summed E-state index contributed by atoms with van der Waals surface area (Å²) < 4.78 is 5.41. The van der Waals surface area contributed by atoms with E-state index in [1.165, 1.54) is 22.5 Å². The van der Waals surface area contributed by atoms with Gasteiger partial charge in [-0.05, 0) is 61.7 Å². The third-order valence-electron chi connectivity index (χ3n) is 5.76. The van der Waals surface area contributed by atoms with Crippen LogP contribution in [0.25, 0.3) is 21.7 Å². The monoisotopic (exact) mass is 484 g/mol. The molecule has 0 spiro atoms. The highest BCUT2D eigenvalue weighted by Crippen LogP contribution is 2.39. The van der Waals surface area contributed by atoms with Crippen LogP contribution in [0.1, 0.15) is 41.3 Å². The number of amides is 1.